The first-order chi connectivity index (χ1) is 14.7. The summed E-state index contributed by atoms with van der Waals surface area (Å²) in [5.41, 5.74) is 2.98. The molecule has 1 aromatic rings. The molecule has 2 saturated carbocycles. The molecule has 2 nitrogen and oxygen atoms in total. The van der Waals surface area contributed by atoms with Gasteiger partial charge in [0.2, 0.25) is 0 Å². The summed E-state index contributed by atoms with van der Waals surface area (Å²) in [6.07, 6.45) is 19.2. The summed E-state index contributed by atoms with van der Waals surface area (Å²) in [5.74, 6) is 2.49. The van der Waals surface area contributed by atoms with Crippen LogP contribution in [0.2, 0.25) is 0 Å². The summed E-state index contributed by atoms with van der Waals surface area (Å²) in [4.78, 5) is 0. The number of allylic oxidation sites excluding steroid dienone is 2. The second-order valence-corrected chi connectivity index (χ2v) is 9.84. The highest BCUT2D eigenvalue weighted by Crippen LogP contribution is 2.42. The standard InChI is InChI=1S/C28H41NO/c1-2-3-7-22-9-13-24(14-10-22)25-17-19-27(20-18-25)28(30)26-15-11-23(12-16-26)8-5-4-6-21-29/h4,6,9-10,13-14,23,25-28,30H,2-3,5,7-8,11-12,15-20H2,1H3. The van der Waals surface area contributed by atoms with E-state index in [0.717, 1.165) is 12.3 Å². The molecule has 0 radical (unpaired) electrons. The first-order valence-electron chi connectivity index (χ1n) is 12.5. The van der Waals surface area contributed by atoms with Crippen LogP contribution in [0.3, 0.4) is 0 Å². The fraction of sp³-hybridized carbons (Fsp3) is 0.679. The number of hydrogen-bond acceptors (Lipinski definition) is 2. The number of aliphatic hydroxyl groups excluding tert-OH is 1. The van der Waals surface area contributed by atoms with Gasteiger partial charge in [-0.3, -0.25) is 0 Å². The largest absolute Gasteiger partial charge is 0.393 e. The average molecular weight is 408 g/mol. The van der Waals surface area contributed by atoms with E-state index in [1.54, 1.807) is 6.08 Å². The van der Waals surface area contributed by atoms with Gasteiger partial charge in [-0.1, -0.05) is 56.5 Å². The highest BCUT2D eigenvalue weighted by Gasteiger charge is 2.33. The van der Waals surface area contributed by atoms with Crippen LogP contribution in [0.25, 0.3) is 0 Å². The van der Waals surface area contributed by atoms with Crippen molar-refractivity contribution in [3.8, 4) is 6.07 Å². The Labute approximate surface area is 184 Å². The zero-order valence-corrected chi connectivity index (χ0v) is 18.9. The van der Waals surface area contributed by atoms with E-state index in [2.05, 4.69) is 37.3 Å². The fourth-order valence-corrected chi connectivity index (χ4v) is 5.80. The van der Waals surface area contributed by atoms with Crippen molar-refractivity contribution in [1.29, 1.82) is 5.26 Å². The molecule has 1 aromatic carbocycles. The van der Waals surface area contributed by atoms with E-state index in [-0.39, 0.29) is 6.10 Å². The summed E-state index contributed by atoms with van der Waals surface area (Å²) >= 11 is 0. The second-order valence-electron chi connectivity index (χ2n) is 9.84. The predicted molar refractivity (Wildman–Crippen MR) is 125 cm³/mol. The van der Waals surface area contributed by atoms with Crippen molar-refractivity contribution in [2.75, 3.05) is 0 Å². The Morgan fingerprint density at radius 2 is 1.63 bits per heavy atom. The van der Waals surface area contributed by atoms with Gasteiger partial charge in [-0.25, -0.2) is 0 Å². The van der Waals surface area contributed by atoms with Crippen LogP contribution in [0.5, 0.6) is 0 Å². The number of unbranched alkanes of at least 4 members (excludes halogenated alkanes) is 1. The average Bonchev–Trinajstić information content (AvgIpc) is 2.81. The van der Waals surface area contributed by atoms with Gasteiger partial charge in [0.05, 0.1) is 12.2 Å². The lowest BCUT2D eigenvalue weighted by molar-refractivity contribution is 0.00971. The van der Waals surface area contributed by atoms with Gasteiger partial charge in [-0.05, 0) is 99.0 Å². The van der Waals surface area contributed by atoms with Crippen LogP contribution in [0.4, 0.5) is 0 Å². The molecule has 2 fully saturated rings. The molecule has 2 heteroatoms. The molecule has 1 unspecified atom stereocenters. The Bertz CT molecular complexity index is 670. The SMILES string of the molecule is CCCCc1ccc(C2CCC(C(O)C3CCC(CCC=CC#N)CC3)CC2)cc1. The molecular formula is C28H41NO. The number of aliphatic hydroxyl groups is 1. The maximum absolute atomic E-state index is 11.1. The highest BCUT2D eigenvalue weighted by molar-refractivity contribution is 5.26. The summed E-state index contributed by atoms with van der Waals surface area (Å²) < 4.78 is 0. The van der Waals surface area contributed by atoms with E-state index in [0.29, 0.717) is 17.8 Å². The van der Waals surface area contributed by atoms with Crippen molar-refractivity contribution < 1.29 is 5.11 Å². The van der Waals surface area contributed by atoms with Crippen molar-refractivity contribution in [2.45, 2.75) is 102 Å². The number of nitrogens with zero attached hydrogens (tertiary/aromatic N) is 1. The number of rotatable bonds is 9. The van der Waals surface area contributed by atoms with Crippen molar-refractivity contribution in [3.05, 3.63) is 47.5 Å². The van der Waals surface area contributed by atoms with Gasteiger partial charge in [-0.15, -0.1) is 0 Å². The molecule has 0 heterocycles. The lowest BCUT2D eigenvalue weighted by Gasteiger charge is -2.38. The van der Waals surface area contributed by atoms with Crippen molar-refractivity contribution in [1.82, 2.24) is 0 Å². The minimum absolute atomic E-state index is 0.0956. The van der Waals surface area contributed by atoms with Gasteiger partial charge in [0, 0.05) is 6.08 Å². The number of aryl methyl sites for hydroxylation is 1. The van der Waals surface area contributed by atoms with E-state index < -0.39 is 0 Å². The van der Waals surface area contributed by atoms with E-state index in [1.165, 1.54) is 88.2 Å². The van der Waals surface area contributed by atoms with Crippen LogP contribution < -0.4 is 0 Å². The Morgan fingerprint density at radius 3 is 2.23 bits per heavy atom. The quantitative estimate of drug-likeness (QED) is 0.435. The van der Waals surface area contributed by atoms with E-state index >= 15 is 0 Å². The van der Waals surface area contributed by atoms with E-state index in [9.17, 15) is 5.11 Å². The zero-order chi connectivity index (χ0) is 21.2. The zero-order valence-electron chi connectivity index (χ0n) is 18.9. The molecule has 2 aliphatic rings. The van der Waals surface area contributed by atoms with E-state index in [1.807, 2.05) is 6.08 Å². The Kier molecular flexibility index (Phi) is 9.47. The lowest BCUT2D eigenvalue weighted by atomic mass is 9.70. The maximum Gasteiger partial charge on any atom is 0.0908 e. The molecule has 30 heavy (non-hydrogen) atoms. The number of benzene rings is 1. The molecule has 1 atom stereocenters. The maximum atomic E-state index is 11.1. The van der Waals surface area contributed by atoms with Crippen LogP contribution in [-0.4, -0.2) is 11.2 Å². The third kappa shape index (κ3) is 6.71. The third-order valence-corrected chi connectivity index (χ3v) is 7.83. The Morgan fingerprint density at radius 1 is 1.00 bits per heavy atom. The molecule has 0 spiro atoms. The topological polar surface area (TPSA) is 44.0 Å². The van der Waals surface area contributed by atoms with E-state index in [4.69, 9.17) is 5.26 Å². The predicted octanol–water partition coefficient (Wildman–Crippen LogP) is 7.33. The highest BCUT2D eigenvalue weighted by atomic mass is 16.3. The van der Waals surface area contributed by atoms with Gasteiger partial charge < -0.3 is 5.11 Å². The molecule has 2 aliphatic carbocycles. The van der Waals surface area contributed by atoms with Gasteiger partial charge in [0.25, 0.3) is 0 Å². The number of nitriles is 1. The normalized spacial score (nSPS) is 28.3. The van der Waals surface area contributed by atoms with Gasteiger partial charge >= 0.3 is 0 Å². The van der Waals surface area contributed by atoms with Gasteiger partial charge in [0.15, 0.2) is 0 Å². The first kappa shape index (κ1) is 23.1. The smallest absolute Gasteiger partial charge is 0.0908 e. The molecule has 3 rings (SSSR count). The lowest BCUT2D eigenvalue weighted by Crippen LogP contribution is -2.34. The molecule has 0 aromatic heterocycles. The summed E-state index contributed by atoms with van der Waals surface area (Å²) in [7, 11) is 0. The monoisotopic (exact) mass is 407 g/mol. The third-order valence-electron chi connectivity index (χ3n) is 7.83. The molecule has 0 bridgehead atoms. The molecule has 0 amide bonds. The van der Waals surface area contributed by atoms with Crippen LogP contribution in [0.15, 0.2) is 36.4 Å². The molecule has 164 valence electrons. The summed E-state index contributed by atoms with van der Waals surface area (Å²) in [6, 6.07) is 11.5. The Balaban J connectivity index is 1.39. The summed E-state index contributed by atoms with van der Waals surface area (Å²) in [6.45, 7) is 2.25. The Hall–Kier alpha value is -1.59. The molecule has 0 saturated heterocycles. The number of hydrogen-bond donors (Lipinski definition) is 1. The fourth-order valence-electron chi connectivity index (χ4n) is 5.80. The van der Waals surface area contributed by atoms with Crippen molar-refractivity contribution >= 4 is 0 Å². The van der Waals surface area contributed by atoms with Crippen LogP contribution >= 0.6 is 0 Å². The first-order valence-corrected chi connectivity index (χ1v) is 12.5. The van der Waals surface area contributed by atoms with Crippen molar-refractivity contribution in [3.63, 3.8) is 0 Å². The minimum atomic E-state index is -0.0956. The van der Waals surface area contributed by atoms with Crippen molar-refractivity contribution in [2.24, 2.45) is 17.8 Å². The summed E-state index contributed by atoms with van der Waals surface area (Å²) in [5, 5.41) is 19.6. The second kappa shape index (κ2) is 12.3. The molecular weight excluding hydrogens is 366 g/mol. The van der Waals surface area contributed by atoms with Gasteiger partial charge in [-0.2, -0.15) is 5.26 Å². The van der Waals surface area contributed by atoms with Gasteiger partial charge in [0.1, 0.15) is 0 Å². The van der Waals surface area contributed by atoms with Crippen LogP contribution in [0.1, 0.15) is 101 Å². The van der Waals surface area contributed by atoms with Crippen LogP contribution in [0, 0.1) is 29.1 Å². The molecule has 0 aliphatic heterocycles. The molecule has 1 N–H and O–H groups in total. The van der Waals surface area contributed by atoms with Crippen LogP contribution in [-0.2, 0) is 6.42 Å². The minimum Gasteiger partial charge on any atom is -0.393 e.